The highest BCUT2D eigenvalue weighted by molar-refractivity contribution is 5.82. The van der Waals surface area contributed by atoms with Crippen molar-refractivity contribution in [3.63, 3.8) is 0 Å². The van der Waals surface area contributed by atoms with Crippen LogP contribution in [-0.4, -0.2) is 5.78 Å². The Labute approximate surface area is 88.6 Å². The first-order valence-corrected chi connectivity index (χ1v) is 5.42. The zero-order valence-electron chi connectivity index (χ0n) is 10.3. The van der Waals surface area contributed by atoms with E-state index in [1.165, 1.54) is 0 Å². The summed E-state index contributed by atoms with van der Waals surface area (Å²) < 4.78 is 0. The molecule has 0 spiro atoms. The minimum absolute atomic E-state index is 0.0557. The van der Waals surface area contributed by atoms with Gasteiger partial charge in [0, 0.05) is 12.3 Å². The third-order valence-corrected chi connectivity index (χ3v) is 2.45. The number of Topliss-reactive ketones (excluding diaryl/α,β-unsaturated/α-hetero) is 1. The molecule has 1 unspecified atom stereocenters. The van der Waals surface area contributed by atoms with E-state index in [0.717, 1.165) is 6.42 Å². The van der Waals surface area contributed by atoms with Gasteiger partial charge in [0.15, 0.2) is 0 Å². The number of hydrogen-bond donors (Lipinski definition) is 0. The van der Waals surface area contributed by atoms with Crippen LogP contribution in [0.2, 0.25) is 0 Å². The molecule has 0 aromatic heterocycles. The van der Waals surface area contributed by atoms with Crippen molar-refractivity contribution >= 4 is 5.78 Å². The maximum absolute atomic E-state index is 11.9. The average molecular weight is 196 g/mol. The fraction of sp³-hybridized carbons (Fsp3) is 0.769. The van der Waals surface area contributed by atoms with Crippen molar-refractivity contribution in [3.8, 4) is 0 Å². The maximum atomic E-state index is 11.9. The van der Waals surface area contributed by atoms with Crippen molar-refractivity contribution in [3.05, 3.63) is 12.7 Å². The summed E-state index contributed by atoms with van der Waals surface area (Å²) in [6.07, 6.45) is 3.35. The largest absolute Gasteiger partial charge is 0.299 e. The molecule has 14 heavy (non-hydrogen) atoms. The molecule has 0 radical (unpaired) electrons. The molecule has 0 aliphatic rings. The van der Waals surface area contributed by atoms with Gasteiger partial charge in [0.2, 0.25) is 0 Å². The van der Waals surface area contributed by atoms with Crippen molar-refractivity contribution in [1.82, 2.24) is 0 Å². The van der Waals surface area contributed by atoms with Gasteiger partial charge in [0.25, 0.3) is 0 Å². The highest BCUT2D eigenvalue weighted by atomic mass is 16.1. The molecule has 0 bridgehead atoms. The lowest BCUT2D eigenvalue weighted by atomic mass is 9.74. The predicted molar refractivity (Wildman–Crippen MR) is 62.2 cm³/mol. The fourth-order valence-electron chi connectivity index (χ4n) is 1.68. The molecule has 0 N–H and O–H groups in total. The van der Waals surface area contributed by atoms with Crippen LogP contribution < -0.4 is 0 Å². The second kappa shape index (κ2) is 5.33. The second-order valence-electron chi connectivity index (χ2n) is 5.51. The molecule has 0 heterocycles. The highest BCUT2D eigenvalue weighted by Crippen LogP contribution is 2.31. The number of carbonyl (C=O) groups is 1. The summed E-state index contributed by atoms with van der Waals surface area (Å²) in [5, 5.41) is 0. The van der Waals surface area contributed by atoms with Gasteiger partial charge in [0.1, 0.15) is 5.78 Å². The molecule has 0 fully saturated rings. The smallest absolute Gasteiger partial charge is 0.137 e. The van der Waals surface area contributed by atoms with E-state index in [-0.39, 0.29) is 11.3 Å². The fourth-order valence-corrected chi connectivity index (χ4v) is 1.68. The molecular formula is C13H24O. The maximum Gasteiger partial charge on any atom is 0.137 e. The topological polar surface area (TPSA) is 17.1 Å². The number of carbonyl (C=O) groups excluding carboxylic acids is 1. The number of allylic oxidation sites excluding steroid dienone is 1. The molecule has 0 aromatic carbocycles. The van der Waals surface area contributed by atoms with Gasteiger partial charge < -0.3 is 0 Å². The van der Waals surface area contributed by atoms with E-state index >= 15 is 0 Å². The van der Waals surface area contributed by atoms with Gasteiger partial charge in [-0.05, 0) is 17.8 Å². The van der Waals surface area contributed by atoms with Crippen molar-refractivity contribution in [2.24, 2.45) is 17.3 Å². The zero-order chi connectivity index (χ0) is 11.4. The van der Waals surface area contributed by atoms with Crippen LogP contribution in [0.5, 0.6) is 0 Å². The van der Waals surface area contributed by atoms with Crippen LogP contribution in [0, 0.1) is 17.3 Å². The van der Waals surface area contributed by atoms with E-state index < -0.39 is 0 Å². The van der Waals surface area contributed by atoms with Gasteiger partial charge in [-0.1, -0.05) is 40.7 Å². The van der Waals surface area contributed by atoms with Crippen molar-refractivity contribution < 1.29 is 4.79 Å². The SMILES string of the molecule is C=CCC(C(=O)CC(C)C)C(C)(C)C. The standard InChI is InChI=1S/C13H24O/c1-7-8-11(13(4,5)6)12(14)9-10(2)3/h7,10-11H,1,8-9H2,2-6H3. The lowest BCUT2D eigenvalue weighted by molar-refractivity contribution is -0.126. The Balaban J connectivity index is 4.49. The Hall–Kier alpha value is -0.590. The highest BCUT2D eigenvalue weighted by Gasteiger charge is 2.29. The summed E-state index contributed by atoms with van der Waals surface area (Å²) in [6, 6.07) is 0. The Bertz CT molecular complexity index is 196. The monoisotopic (exact) mass is 196 g/mol. The van der Waals surface area contributed by atoms with Crippen LogP contribution >= 0.6 is 0 Å². The van der Waals surface area contributed by atoms with Crippen molar-refractivity contribution in [1.29, 1.82) is 0 Å². The molecule has 1 atom stereocenters. The lowest BCUT2D eigenvalue weighted by Crippen LogP contribution is -2.29. The summed E-state index contributed by atoms with van der Waals surface area (Å²) in [5.74, 6) is 0.965. The van der Waals surface area contributed by atoms with Crippen LogP contribution in [0.15, 0.2) is 12.7 Å². The third-order valence-electron chi connectivity index (χ3n) is 2.45. The van der Waals surface area contributed by atoms with Crippen LogP contribution in [0.3, 0.4) is 0 Å². The minimum Gasteiger partial charge on any atom is -0.299 e. The summed E-state index contributed by atoms with van der Waals surface area (Å²) in [5.41, 5.74) is 0.0557. The van der Waals surface area contributed by atoms with Crippen LogP contribution in [0.1, 0.15) is 47.5 Å². The third kappa shape index (κ3) is 4.59. The summed E-state index contributed by atoms with van der Waals surface area (Å²) in [7, 11) is 0. The Morgan fingerprint density at radius 1 is 1.36 bits per heavy atom. The molecule has 82 valence electrons. The predicted octanol–water partition coefficient (Wildman–Crippen LogP) is 3.84. The lowest BCUT2D eigenvalue weighted by Gasteiger charge is -2.29. The quantitative estimate of drug-likeness (QED) is 0.611. The van der Waals surface area contributed by atoms with Gasteiger partial charge in [-0.25, -0.2) is 0 Å². The van der Waals surface area contributed by atoms with Gasteiger partial charge in [-0.3, -0.25) is 4.79 Å². The van der Waals surface area contributed by atoms with E-state index in [1.807, 2.05) is 6.08 Å². The van der Waals surface area contributed by atoms with E-state index in [1.54, 1.807) is 0 Å². The van der Waals surface area contributed by atoms with Crippen LogP contribution in [0.25, 0.3) is 0 Å². The van der Waals surface area contributed by atoms with Gasteiger partial charge in [-0.2, -0.15) is 0 Å². The van der Waals surface area contributed by atoms with Crippen LogP contribution in [0.4, 0.5) is 0 Å². The van der Waals surface area contributed by atoms with E-state index in [0.29, 0.717) is 18.1 Å². The van der Waals surface area contributed by atoms with Gasteiger partial charge in [-0.15, -0.1) is 6.58 Å². The molecule has 0 rings (SSSR count). The van der Waals surface area contributed by atoms with E-state index in [2.05, 4.69) is 41.2 Å². The Kier molecular flexibility index (Phi) is 5.11. The Morgan fingerprint density at radius 3 is 2.14 bits per heavy atom. The average Bonchev–Trinajstić information content (AvgIpc) is 1.96. The number of ketones is 1. The first kappa shape index (κ1) is 13.4. The molecule has 0 saturated carbocycles. The zero-order valence-corrected chi connectivity index (χ0v) is 10.3. The molecule has 1 heteroatoms. The Morgan fingerprint density at radius 2 is 1.86 bits per heavy atom. The summed E-state index contributed by atoms with van der Waals surface area (Å²) in [4.78, 5) is 11.9. The molecule has 0 saturated heterocycles. The molecule has 1 nitrogen and oxygen atoms in total. The molecule has 0 amide bonds. The normalized spacial score (nSPS) is 14.1. The molecule has 0 aliphatic heterocycles. The first-order valence-electron chi connectivity index (χ1n) is 5.42. The molecule has 0 aromatic rings. The molecular weight excluding hydrogens is 172 g/mol. The van der Waals surface area contributed by atoms with Crippen molar-refractivity contribution in [2.75, 3.05) is 0 Å². The van der Waals surface area contributed by atoms with Crippen molar-refractivity contribution in [2.45, 2.75) is 47.5 Å². The number of hydrogen-bond acceptors (Lipinski definition) is 1. The minimum atomic E-state index is 0.0557. The second-order valence-corrected chi connectivity index (χ2v) is 5.51. The van der Waals surface area contributed by atoms with E-state index in [9.17, 15) is 4.79 Å². The summed E-state index contributed by atoms with van der Waals surface area (Å²) in [6.45, 7) is 14.3. The molecule has 0 aliphatic carbocycles. The first-order chi connectivity index (χ1) is 6.29. The number of rotatable bonds is 5. The van der Waals surface area contributed by atoms with Crippen LogP contribution in [-0.2, 0) is 4.79 Å². The van der Waals surface area contributed by atoms with Gasteiger partial charge >= 0.3 is 0 Å². The van der Waals surface area contributed by atoms with E-state index in [4.69, 9.17) is 0 Å². The summed E-state index contributed by atoms with van der Waals surface area (Å²) >= 11 is 0. The van der Waals surface area contributed by atoms with Gasteiger partial charge in [0.05, 0.1) is 0 Å².